The number of halogens is 3. The summed E-state index contributed by atoms with van der Waals surface area (Å²) < 4.78 is 43.7. The lowest BCUT2D eigenvalue weighted by molar-refractivity contribution is -0.137. The van der Waals surface area contributed by atoms with Crippen molar-refractivity contribution in [2.24, 2.45) is 4.99 Å². The van der Waals surface area contributed by atoms with Gasteiger partial charge in [0.2, 0.25) is 0 Å². The minimum absolute atomic E-state index is 0.173. The highest BCUT2D eigenvalue weighted by Gasteiger charge is 2.29. The third-order valence-electron chi connectivity index (χ3n) is 4.88. The molecule has 0 amide bonds. The molecule has 1 fully saturated rings. The van der Waals surface area contributed by atoms with Gasteiger partial charge in [-0.1, -0.05) is 12.1 Å². The summed E-state index contributed by atoms with van der Waals surface area (Å²) in [7, 11) is 0. The molecule has 0 spiro atoms. The molecule has 1 aromatic carbocycles. The molecule has 9 heteroatoms. The molecule has 1 saturated heterocycles. The maximum Gasteiger partial charge on any atom is 0.416 e. The molecule has 0 saturated carbocycles. The highest BCUT2D eigenvalue weighted by atomic mass is 19.4. The lowest BCUT2D eigenvalue weighted by Gasteiger charge is -2.32. The van der Waals surface area contributed by atoms with Gasteiger partial charge in [-0.3, -0.25) is 0 Å². The van der Waals surface area contributed by atoms with E-state index in [0.717, 1.165) is 42.2 Å². The molecule has 1 aliphatic rings. The SMILES string of the molecule is CCNC(=NCc1ccnc(N2CCOC(C)C2)c1)NCc1ccc(C(F)(F)F)cc1. The Balaban J connectivity index is 1.61. The first-order valence-electron chi connectivity index (χ1n) is 10.3. The molecule has 3 rings (SSSR count). The summed E-state index contributed by atoms with van der Waals surface area (Å²) in [5, 5.41) is 6.32. The van der Waals surface area contributed by atoms with E-state index in [1.165, 1.54) is 12.1 Å². The van der Waals surface area contributed by atoms with Gasteiger partial charge in [0.05, 0.1) is 24.8 Å². The summed E-state index contributed by atoms with van der Waals surface area (Å²) in [5.74, 6) is 1.51. The lowest BCUT2D eigenvalue weighted by Crippen LogP contribution is -2.41. The van der Waals surface area contributed by atoms with E-state index in [-0.39, 0.29) is 6.10 Å². The molecule has 31 heavy (non-hydrogen) atoms. The van der Waals surface area contributed by atoms with Gasteiger partial charge in [-0.15, -0.1) is 0 Å². The molecule has 0 aliphatic carbocycles. The predicted molar refractivity (Wildman–Crippen MR) is 115 cm³/mol. The maximum absolute atomic E-state index is 12.7. The largest absolute Gasteiger partial charge is 0.416 e. The van der Waals surface area contributed by atoms with E-state index < -0.39 is 11.7 Å². The van der Waals surface area contributed by atoms with Crippen LogP contribution in [0.2, 0.25) is 0 Å². The Morgan fingerprint density at radius 3 is 2.65 bits per heavy atom. The van der Waals surface area contributed by atoms with E-state index in [0.29, 0.717) is 32.2 Å². The van der Waals surface area contributed by atoms with Crippen LogP contribution in [0.25, 0.3) is 0 Å². The average molecular weight is 435 g/mol. The number of benzene rings is 1. The molecule has 2 aromatic rings. The molecule has 6 nitrogen and oxygen atoms in total. The Labute approximate surface area is 180 Å². The summed E-state index contributed by atoms with van der Waals surface area (Å²) in [6.07, 6.45) is -2.37. The minimum Gasteiger partial charge on any atom is -0.375 e. The van der Waals surface area contributed by atoms with Crippen LogP contribution >= 0.6 is 0 Å². The van der Waals surface area contributed by atoms with E-state index in [4.69, 9.17) is 4.74 Å². The summed E-state index contributed by atoms with van der Waals surface area (Å²) >= 11 is 0. The van der Waals surface area contributed by atoms with Crippen molar-refractivity contribution >= 4 is 11.8 Å². The zero-order chi connectivity index (χ0) is 22.3. The molecule has 1 unspecified atom stereocenters. The molecule has 1 aromatic heterocycles. The predicted octanol–water partition coefficient (Wildman–Crippen LogP) is 3.58. The third-order valence-corrected chi connectivity index (χ3v) is 4.88. The average Bonchev–Trinajstić information content (AvgIpc) is 2.75. The Bertz CT molecular complexity index is 870. The topological polar surface area (TPSA) is 61.8 Å². The van der Waals surface area contributed by atoms with Crippen LogP contribution in [-0.4, -0.2) is 43.3 Å². The molecule has 0 radical (unpaired) electrons. The van der Waals surface area contributed by atoms with Crippen LogP contribution < -0.4 is 15.5 Å². The zero-order valence-electron chi connectivity index (χ0n) is 17.7. The number of aliphatic imine (C=N–C) groups is 1. The Hall–Kier alpha value is -2.81. The zero-order valence-corrected chi connectivity index (χ0v) is 17.7. The van der Waals surface area contributed by atoms with Gasteiger partial charge in [-0.05, 0) is 49.2 Å². The number of hydrogen-bond acceptors (Lipinski definition) is 4. The Morgan fingerprint density at radius 2 is 1.97 bits per heavy atom. The van der Waals surface area contributed by atoms with Gasteiger partial charge < -0.3 is 20.3 Å². The van der Waals surface area contributed by atoms with E-state index in [1.54, 1.807) is 6.20 Å². The Kier molecular flexibility index (Phi) is 7.73. The van der Waals surface area contributed by atoms with Crippen molar-refractivity contribution in [3.05, 3.63) is 59.3 Å². The van der Waals surface area contributed by atoms with Crippen LogP contribution in [0.5, 0.6) is 0 Å². The minimum atomic E-state index is -4.33. The molecule has 168 valence electrons. The third kappa shape index (κ3) is 6.85. The van der Waals surface area contributed by atoms with Gasteiger partial charge in [0.1, 0.15) is 5.82 Å². The van der Waals surface area contributed by atoms with E-state index in [2.05, 4.69) is 25.5 Å². The molecule has 1 aliphatic heterocycles. The van der Waals surface area contributed by atoms with Crippen molar-refractivity contribution in [2.75, 3.05) is 31.1 Å². The van der Waals surface area contributed by atoms with Crippen LogP contribution in [0.15, 0.2) is 47.6 Å². The highest BCUT2D eigenvalue weighted by molar-refractivity contribution is 5.79. The van der Waals surface area contributed by atoms with Crippen LogP contribution in [0.4, 0.5) is 19.0 Å². The van der Waals surface area contributed by atoms with E-state index in [1.807, 2.05) is 26.0 Å². The number of nitrogens with zero attached hydrogens (tertiary/aromatic N) is 3. The number of morpholine rings is 1. The van der Waals surface area contributed by atoms with Gasteiger partial charge in [-0.25, -0.2) is 9.98 Å². The van der Waals surface area contributed by atoms with Crippen LogP contribution in [0.1, 0.15) is 30.5 Å². The molecule has 2 heterocycles. The van der Waals surface area contributed by atoms with Crippen LogP contribution in [0, 0.1) is 0 Å². The van der Waals surface area contributed by atoms with Crippen molar-refractivity contribution in [2.45, 2.75) is 39.2 Å². The maximum atomic E-state index is 12.7. The fraction of sp³-hybridized carbons (Fsp3) is 0.455. The van der Waals surface area contributed by atoms with Crippen molar-refractivity contribution in [3.63, 3.8) is 0 Å². The fourth-order valence-electron chi connectivity index (χ4n) is 3.27. The summed E-state index contributed by atoms with van der Waals surface area (Å²) in [6.45, 7) is 7.80. The number of alkyl halides is 3. The number of nitrogens with one attached hydrogen (secondary N) is 2. The van der Waals surface area contributed by atoms with Gasteiger partial charge >= 0.3 is 6.18 Å². The van der Waals surface area contributed by atoms with Crippen LogP contribution in [0.3, 0.4) is 0 Å². The molecule has 2 N–H and O–H groups in total. The standard InChI is InChI=1S/C22H28F3N5O/c1-3-26-21(28-13-17-4-6-19(7-5-17)22(23,24)25)29-14-18-8-9-27-20(12-18)30-10-11-31-16(2)15-30/h4-9,12,16H,3,10-11,13-15H2,1-2H3,(H2,26,28,29). The number of guanidine groups is 1. The highest BCUT2D eigenvalue weighted by Crippen LogP contribution is 2.29. The molecule has 0 bridgehead atoms. The Morgan fingerprint density at radius 1 is 1.19 bits per heavy atom. The number of pyridine rings is 1. The van der Waals surface area contributed by atoms with Gasteiger partial charge in [0.15, 0.2) is 5.96 Å². The second-order valence-electron chi connectivity index (χ2n) is 7.39. The first-order chi connectivity index (χ1) is 14.8. The van der Waals surface area contributed by atoms with Crippen LogP contribution in [-0.2, 0) is 24.0 Å². The van der Waals surface area contributed by atoms with Crippen molar-refractivity contribution in [3.8, 4) is 0 Å². The summed E-state index contributed by atoms with van der Waals surface area (Å²) in [4.78, 5) is 11.3. The van der Waals surface area contributed by atoms with Gasteiger partial charge in [0.25, 0.3) is 0 Å². The van der Waals surface area contributed by atoms with E-state index >= 15 is 0 Å². The normalized spacial score (nSPS) is 17.5. The van der Waals surface area contributed by atoms with Crippen molar-refractivity contribution < 1.29 is 17.9 Å². The number of aromatic nitrogens is 1. The first-order valence-corrected chi connectivity index (χ1v) is 10.3. The smallest absolute Gasteiger partial charge is 0.375 e. The second-order valence-corrected chi connectivity index (χ2v) is 7.39. The number of anilines is 1. The lowest BCUT2D eigenvalue weighted by atomic mass is 10.1. The van der Waals surface area contributed by atoms with Crippen molar-refractivity contribution in [1.82, 2.24) is 15.6 Å². The van der Waals surface area contributed by atoms with Crippen molar-refractivity contribution in [1.29, 1.82) is 0 Å². The number of rotatable bonds is 6. The fourth-order valence-corrected chi connectivity index (χ4v) is 3.27. The van der Waals surface area contributed by atoms with E-state index in [9.17, 15) is 13.2 Å². The summed E-state index contributed by atoms with van der Waals surface area (Å²) in [6, 6.07) is 9.07. The number of ether oxygens (including phenoxy) is 1. The monoisotopic (exact) mass is 435 g/mol. The summed E-state index contributed by atoms with van der Waals surface area (Å²) in [5.41, 5.74) is 1.11. The molecular formula is C22H28F3N5O. The number of hydrogen-bond donors (Lipinski definition) is 2. The second kappa shape index (κ2) is 10.5. The molecule has 1 atom stereocenters. The van der Waals surface area contributed by atoms with Gasteiger partial charge in [0, 0.05) is 32.4 Å². The van der Waals surface area contributed by atoms with Gasteiger partial charge in [-0.2, -0.15) is 13.2 Å². The first kappa shape index (κ1) is 22.9. The molecular weight excluding hydrogens is 407 g/mol. The quantitative estimate of drug-likeness (QED) is 0.537.